The molecule has 0 aliphatic carbocycles. The third kappa shape index (κ3) is 2.91. The van der Waals surface area contributed by atoms with Crippen molar-refractivity contribution < 1.29 is 19.5 Å². The summed E-state index contributed by atoms with van der Waals surface area (Å²) in [5.41, 5.74) is 0. The highest BCUT2D eigenvalue weighted by Crippen LogP contribution is 2.22. The lowest BCUT2D eigenvalue weighted by molar-refractivity contribution is -0.151. The molecule has 0 saturated carbocycles. The number of rotatable bonds is 3. The highest BCUT2D eigenvalue weighted by molar-refractivity contribution is 7.99. The van der Waals surface area contributed by atoms with Gasteiger partial charge in [0, 0.05) is 19.7 Å². The molecule has 96 valence electrons. The fraction of sp³-hybridized carbons (Fsp3) is 0.700. The summed E-state index contributed by atoms with van der Waals surface area (Å²) in [5, 5.41) is 8.84. The van der Waals surface area contributed by atoms with Crippen LogP contribution in [0.25, 0.3) is 0 Å². The van der Waals surface area contributed by atoms with Crippen LogP contribution < -0.4 is 0 Å². The number of aliphatic carboxylic acids is 1. The van der Waals surface area contributed by atoms with Crippen LogP contribution in [0.4, 0.5) is 0 Å². The predicted molar refractivity (Wildman–Crippen MR) is 63.5 cm³/mol. The van der Waals surface area contributed by atoms with Gasteiger partial charge in [0.25, 0.3) is 0 Å². The van der Waals surface area contributed by atoms with Crippen LogP contribution in [0.5, 0.6) is 0 Å². The molecule has 0 bridgehead atoms. The summed E-state index contributed by atoms with van der Waals surface area (Å²) in [4.78, 5) is 36.8. The first kappa shape index (κ1) is 13.8. The first-order valence-electron chi connectivity index (χ1n) is 5.20. The first-order valence-corrected chi connectivity index (χ1v) is 6.36. The fourth-order valence-electron chi connectivity index (χ4n) is 1.55. The summed E-state index contributed by atoms with van der Waals surface area (Å²) in [6.07, 6.45) is 0. The zero-order chi connectivity index (χ0) is 13.2. The van der Waals surface area contributed by atoms with Gasteiger partial charge in [-0.2, -0.15) is 0 Å². The van der Waals surface area contributed by atoms with E-state index in [2.05, 4.69) is 0 Å². The molecule has 1 rings (SSSR count). The minimum Gasteiger partial charge on any atom is -0.480 e. The van der Waals surface area contributed by atoms with Gasteiger partial charge in [0.05, 0.1) is 5.88 Å². The SMILES string of the molecule is CC(=O)N1CSCC1C(=O)N(C)C(C)C(=O)O. The lowest BCUT2D eigenvalue weighted by Gasteiger charge is -2.28. The van der Waals surface area contributed by atoms with Crippen LogP contribution in [-0.4, -0.2) is 63.5 Å². The van der Waals surface area contributed by atoms with E-state index in [9.17, 15) is 14.4 Å². The van der Waals surface area contributed by atoms with Gasteiger partial charge in [0.15, 0.2) is 0 Å². The second-order valence-corrected chi connectivity index (χ2v) is 4.97. The zero-order valence-corrected chi connectivity index (χ0v) is 10.9. The maximum absolute atomic E-state index is 12.1. The van der Waals surface area contributed by atoms with Crippen molar-refractivity contribution in [2.75, 3.05) is 18.7 Å². The number of amides is 2. The second kappa shape index (κ2) is 5.39. The minimum atomic E-state index is -1.05. The molecule has 1 aliphatic heterocycles. The van der Waals surface area contributed by atoms with Crippen molar-refractivity contribution in [2.24, 2.45) is 0 Å². The van der Waals surface area contributed by atoms with E-state index < -0.39 is 18.1 Å². The highest BCUT2D eigenvalue weighted by Gasteiger charge is 2.36. The van der Waals surface area contributed by atoms with Crippen molar-refractivity contribution in [1.82, 2.24) is 9.80 Å². The Hall–Kier alpha value is -1.24. The molecule has 17 heavy (non-hydrogen) atoms. The van der Waals surface area contributed by atoms with E-state index >= 15 is 0 Å². The number of nitrogens with zero attached hydrogens (tertiary/aromatic N) is 2. The molecule has 0 aromatic carbocycles. The third-order valence-corrected chi connectivity index (χ3v) is 3.87. The molecule has 0 spiro atoms. The molecule has 1 heterocycles. The Morgan fingerprint density at radius 1 is 1.47 bits per heavy atom. The molecule has 6 nitrogen and oxygen atoms in total. The quantitative estimate of drug-likeness (QED) is 0.763. The monoisotopic (exact) mass is 260 g/mol. The number of thioether (sulfide) groups is 1. The standard InChI is InChI=1S/C10H16N2O4S/c1-6(10(15)16)11(3)9(14)8-4-17-5-12(8)7(2)13/h6,8H,4-5H2,1-3H3,(H,15,16). The lowest BCUT2D eigenvalue weighted by Crippen LogP contribution is -2.51. The summed E-state index contributed by atoms with van der Waals surface area (Å²) in [7, 11) is 1.45. The van der Waals surface area contributed by atoms with Crippen LogP contribution in [0.1, 0.15) is 13.8 Å². The van der Waals surface area contributed by atoms with Crippen molar-refractivity contribution in [2.45, 2.75) is 25.9 Å². The first-order chi connectivity index (χ1) is 7.86. The molecule has 0 aromatic heterocycles. The van der Waals surface area contributed by atoms with Crippen molar-refractivity contribution >= 4 is 29.5 Å². The summed E-state index contributed by atoms with van der Waals surface area (Å²) in [6.45, 7) is 2.85. The number of carbonyl (C=O) groups is 3. The number of carbonyl (C=O) groups excluding carboxylic acids is 2. The molecule has 1 fully saturated rings. The normalized spacial score (nSPS) is 21.1. The summed E-state index contributed by atoms with van der Waals surface area (Å²) in [6, 6.07) is -1.42. The number of hydrogen-bond donors (Lipinski definition) is 1. The average Bonchev–Trinajstić information content (AvgIpc) is 2.74. The Morgan fingerprint density at radius 3 is 2.53 bits per heavy atom. The molecule has 2 unspecified atom stereocenters. The van der Waals surface area contributed by atoms with E-state index in [1.54, 1.807) is 0 Å². The van der Waals surface area contributed by atoms with E-state index in [1.807, 2.05) is 0 Å². The van der Waals surface area contributed by atoms with Crippen LogP contribution in [0.3, 0.4) is 0 Å². The maximum atomic E-state index is 12.1. The molecule has 1 N–H and O–H groups in total. The molecule has 0 aromatic rings. The lowest BCUT2D eigenvalue weighted by atomic mass is 10.2. The maximum Gasteiger partial charge on any atom is 0.326 e. The van der Waals surface area contributed by atoms with Gasteiger partial charge in [-0.05, 0) is 6.92 Å². The van der Waals surface area contributed by atoms with E-state index in [1.165, 1.54) is 42.5 Å². The molecule has 1 aliphatic rings. The molecular weight excluding hydrogens is 244 g/mol. The van der Waals surface area contributed by atoms with Gasteiger partial charge in [-0.25, -0.2) is 4.79 Å². The van der Waals surface area contributed by atoms with Gasteiger partial charge in [-0.1, -0.05) is 0 Å². The second-order valence-electron chi connectivity index (χ2n) is 3.97. The van der Waals surface area contributed by atoms with Crippen molar-refractivity contribution in [1.29, 1.82) is 0 Å². The summed E-state index contributed by atoms with van der Waals surface area (Å²) in [5.74, 6) is -0.526. The van der Waals surface area contributed by atoms with E-state index in [0.717, 1.165) is 0 Å². The van der Waals surface area contributed by atoms with Crippen molar-refractivity contribution in [3.8, 4) is 0 Å². The number of carboxylic acids is 1. The minimum absolute atomic E-state index is 0.162. The van der Waals surface area contributed by atoms with Gasteiger partial charge < -0.3 is 14.9 Å². The van der Waals surface area contributed by atoms with Crippen LogP contribution >= 0.6 is 11.8 Å². The van der Waals surface area contributed by atoms with Gasteiger partial charge in [-0.15, -0.1) is 11.8 Å². The number of likely N-dealkylation sites (N-methyl/N-ethyl adjacent to an activating group) is 1. The smallest absolute Gasteiger partial charge is 0.326 e. The average molecular weight is 260 g/mol. The molecule has 2 amide bonds. The van der Waals surface area contributed by atoms with Gasteiger partial charge in [0.1, 0.15) is 12.1 Å². The third-order valence-electron chi connectivity index (χ3n) is 2.86. The van der Waals surface area contributed by atoms with Gasteiger partial charge in [-0.3, -0.25) is 9.59 Å². The molecule has 0 radical (unpaired) electrons. The van der Waals surface area contributed by atoms with E-state index in [4.69, 9.17) is 5.11 Å². The Balaban J connectivity index is 2.75. The topological polar surface area (TPSA) is 77.9 Å². The summed E-state index contributed by atoms with van der Waals surface area (Å²) >= 11 is 1.49. The Kier molecular flexibility index (Phi) is 4.39. The fourth-order valence-corrected chi connectivity index (χ4v) is 2.76. The molecule has 7 heteroatoms. The van der Waals surface area contributed by atoms with Gasteiger partial charge in [0.2, 0.25) is 11.8 Å². The van der Waals surface area contributed by atoms with Crippen LogP contribution in [-0.2, 0) is 14.4 Å². The van der Waals surface area contributed by atoms with Crippen molar-refractivity contribution in [3.05, 3.63) is 0 Å². The predicted octanol–water partition coefficient (Wildman–Crippen LogP) is -0.161. The molecule has 1 saturated heterocycles. The molecular formula is C10H16N2O4S. The zero-order valence-electron chi connectivity index (χ0n) is 10.0. The summed E-state index contributed by atoms with van der Waals surface area (Å²) < 4.78 is 0. The van der Waals surface area contributed by atoms with E-state index in [-0.39, 0.29) is 11.8 Å². The Labute approximate surface area is 104 Å². The Bertz CT molecular complexity index is 347. The largest absolute Gasteiger partial charge is 0.480 e. The van der Waals surface area contributed by atoms with Crippen LogP contribution in [0.15, 0.2) is 0 Å². The highest BCUT2D eigenvalue weighted by atomic mass is 32.2. The number of hydrogen-bond acceptors (Lipinski definition) is 4. The van der Waals surface area contributed by atoms with Gasteiger partial charge >= 0.3 is 5.97 Å². The van der Waals surface area contributed by atoms with Crippen molar-refractivity contribution in [3.63, 3.8) is 0 Å². The van der Waals surface area contributed by atoms with E-state index in [0.29, 0.717) is 11.6 Å². The van der Waals surface area contributed by atoms with Crippen LogP contribution in [0.2, 0.25) is 0 Å². The Morgan fingerprint density at radius 2 is 2.06 bits per heavy atom. The number of carboxylic acid groups (broad SMARTS) is 1. The van der Waals surface area contributed by atoms with Crippen LogP contribution in [0, 0.1) is 0 Å². The molecule has 2 atom stereocenters.